The molecule has 0 spiro atoms. The number of likely N-dealkylation sites (tertiary alicyclic amines) is 1. The Labute approximate surface area is 128 Å². The predicted octanol–water partition coefficient (Wildman–Crippen LogP) is 1.34. The van der Waals surface area contributed by atoms with Gasteiger partial charge in [-0.1, -0.05) is 30.3 Å². The summed E-state index contributed by atoms with van der Waals surface area (Å²) in [5.74, 6) is 0. The van der Waals surface area contributed by atoms with Crippen LogP contribution in [0.2, 0.25) is 0 Å². The molecule has 0 unspecified atom stereocenters. The summed E-state index contributed by atoms with van der Waals surface area (Å²) in [6.07, 6.45) is 4.10. The summed E-state index contributed by atoms with van der Waals surface area (Å²) >= 11 is 0. The van der Waals surface area contributed by atoms with E-state index in [1.807, 2.05) is 0 Å². The molecule has 4 nitrogen and oxygen atoms in total. The first-order valence-corrected chi connectivity index (χ1v) is 8.10. The Kier molecular flexibility index (Phi) is 6.64. The Bertz CT molecular complexity index is 388. The Morgan fingerprint density at radius 1 is 1.14 bits per heavy atom. The first-order valence-electron chi connectivity index (χ1n) is 8.10. The highest BCUT2D eigenvalue weighted by atomic mass is 16.2. The fraction of sp³-hybridized carbons (Fsp3) is 0.647. The molecule has 118 valence electrons. The van der Waals surface area contributed by atoms with Crippen LogP contribution in [0.4, 0.5) is 0 Å². The molecule has 0 radical (unpaired) electrons. The van der Waals surface area contributed by atoms with Gasteiger partial charge in [0.15, 0.2) is 0 Å². The number of unbranched alkanes of at least 4 members (excludes halogenated alkanes) is 1. The fourth-order valence-corrected chi connectivity index (χ4v) is 3.02. The normalized spacial score (nSPS) is 18.8. The van der Waals surface area contributed by atoms with Crippen LogP contribution in [0.5, 0.6) is 0 Å². The molecule has 1 heterocycles. The molecular formula is C17H29N3O. The van der Waals surface area contributed by atoms with Crippen molar-refractivity contribution in [2.75, 3.05) is 32.8 Å². The van der Waals surface area contributed by atoms with Crippen molar-refractivity contribution < 1.29 is 5.11 Å². The van der Waals surface area contributed by atoms with Crippen LogP contribution in [0.25, 0.3) is 0 Å². The molecule has 1 fully saturated rings. The van der Waals surface area contributed by atoms with Gasteiger partial charge in [-0.3, -0.25) is 4.90 Å². The molecule has 0 aliphatic carbocycles. The van der Waals surface area contributed by atoms with E-state index in [2.05, 4.69) is 40.5 Å². The zero-order valence-electron chi connectivity index (χ0n) is 12.9. The number of nitrogens with one attached hydrogen (secondary N) is 1. The van der Waals surface area contributed by atoms with Crippen LogP contribution in [0, 0.1) is 0 Å². The average molecular weight is 291 g/mol. The first kappa shape index (κ1) is 16.4. The second-order valence-electron chi connectivity index (χ2n) is 6.10. The molecule has 21 heavy (non-hydrogen) atoms. The minimum atomic E-state index is 0.0998. The largest absolute Gasteiger partial charge is 0.396 e. The number of hydrogen-bond acceptors (Lipinski definition) is 4. The van der Waals surface area contributed by atoms with E-state index in [0.717, 1.165) is 51.9 Å². The van der Waals surface area contributed by atoms with Crippen LogP contribution in [0.3, 0.4) is 0 Å². The lowest BCUT2D eigenvalue weighted by Crippen LogP contribution is -2.57. The molecule has 1 aliphatic rings. The molecule has 1 saturated heterocycles. The summed E-state index contributed by atoms with van der Waals surface area (Å²) in [4.78, 5) is 2.51. The van der Waals surface area contributed by atoms with Gasteiger partial charge in [-0.05, 0) is 37.8 Å². The van der Waals surface area contributed by atoms with E-state index in [0.29, 0.717) is 6.54 Å². The lowest BCUT2D eigenvalue weighted by atomic mass is 9.87. The number of hydrogen-bond donors (Lipinski definition) is 3. The van der Waals surface area contributed by atoms with Crippen LogP contribution in [0.1, 0.15) is 31.2 Å². The minimum Gasteiger partial charge on any atom is -0.396 e. The standard InChI is InChI=1S/C17H29N3O/c18-15-17(19-10-4-5-13-21)8-11-20(12-9-17)14-16-6-2-1-3-7-16/h1-3,6-7,19,21H,4-5,8-15,18H2. The number of nitrogens with zero attached hydrogens (tertiary/aromatic N) is 1. The quantitative estimate of drug-likeness (QED) is 0.633. The molecular weight excluding hydrogens is 262 g/mol. The van der Waals surface area contributed by atoms with E-state index in [-0.39, 0.29) is 12.1 Å². The van der Waals surface area contributed by atoms with Gasteiger partial charge in [0, 0.05) is 38.3 Å². The van der Waals surface area contributed by atoms with Gasteiger partial charge in [0.05, 0.1) is 0 Å². The molecule has 1 aliphatic heterocycles. The SMILES string of the molecule is NCC1(NCCCCO)CCN(Cc2ccccc2)CC1. The van der Waals surface area contributed by atoms with Crippen LogP contribution in [0.15, 0.2) is 30.3 Å². The second kappa shape index (κ2) is 8.49. The van der Waals surface area contributed by atoms with Gasteiger partial charge in [0.25, 0.3) is 0 Å². The Hall–Kier alpha value is -0.940. The number of nitrogens with two attached hydrogens (primary N) is 1. The highest BCUT2D eigenvalue weighted by Gasteiger charge is 2.32. The highest BCUT2D eigenvalue weighted by molar-refractivity contribution is 5.14. The lowest BCUT2D eigenvalue weighted by Gasteiger charge is -2.42. The fourth-order valence-electron chi connectivity index (χ4n) is 3.02. The van der Waals surface area contributed by atoms with E-state index >= 15 is 0 Å². The lowest BCUT2D eigenvalue weighted by molar-refractivity contribution is 0.133. The van der Waals surface area contributed by atoms with Gasteiger partial charge in [-0.2, -0.15) is 0 Å². The van der Waals surface area contributed by atoms with Gasteiger partial charge < -0.3 is 16.2 Å². The number of benzene rings is 1. The van der Waals surface area contributed by atoms with Crippen molar-refractivity contribution in [3.63, 3.8) is 0 Å². The third kappa shape index (κ3) is 5.08. The number of piperidine rings is 1. The molecule has 0 amide bonds. The third-order valence-electron chi connectivity index (χ3n) is 4.54. The van der Waals surface area contributed by atoms with Gasteiger partial charge in [-0.15, -0.1) is 0 Å². The van der Waals surface area contributed by atoms with Crippen molar-refractivity contribution in [1.82, 2.24) is 10.2 Å². The van der Waals surface area contributed by atoms with Crippen molar-refractivity contribution in [1.29, 1.82) is 0 Å². The Morgan fingerprint density at radius 3 is 2.48 bits per heavy atom. The maximum atomic E-state index is 8.84. The zero-order chi connectivity index (χ0) is 15.0. The van der Waals surface area contributed by atoms with Crippen LogP contribution >= 0.6 is 0 Å². The summed E-state index contributed by atoms with van der Waals surface area (Å²) in [7, 11) is 0. The van der Waals surface area contributed by atoms with Crippen molar-refractivity contribution in [3.05, 3.63) is 35.9 Å². The summed E-state index contributed by atoms with van der Waals surface area (Å²) in [6, 6.07) is 10.7. The third-order valence-corrected chi connectivity index (χ3v) is 4.54. The summed E-state index contributed by atoms with van der Waals surface area (Å²) < 4.78 is 0. The molecule has 2 rings (SSSR count). The van der Waals surface area contributed by atoms with E-state index in [9.17, 15) is 0 Å². The van der Waals surface area contributed by atoms with Gasteiger partial charge in [0.1, 0.15) is 0 Å². The summed E-state index contributed by atoms with van der Waals surface area (Å²) in [6.45, 7) is 5.16. The van der Waals surface area contributed by atoms with Gasteiger partial charge >= 0.3 is 0 Å². The average Bonchev–Trinajstić information content (AvgIpc) is 2.54. The minimum absolute atomic E-state index is 0.0998. The van der Waals surface area contributed by atoms with E-state index in [4.69, 9.17) is 10.8 Å². The number of rotatable bonds is 8. The molecule has 0 atom stereocenters. The van der Waals surface area contributed by atoms with Crippen LogP contribution in [-0.4, -0.2) is 48.3 Å². The van der Waals surface area contributed by atoms with E-state index < -0.39 is 0 Å². The maximum absolute atomic E-state index is 8.84. The van der Waals surface area contributed by atoms with E-state index in [1.54, 1.807) is 0 Å². The van der Waals surface area contributed by atoms with Crippen molar-refractivity contribution >= 4 is 0 Å². The van der Waals surface area contributed by atoms with Crippen molar-refractivity contribution in [2.24, 2.45) is 5.73 Å². The molecule has 4 N–H and O–H groups in total. The molecule has 4 heteroatoms. The summed E-state index contributed by atoms with van der Waals surface area (Å²) in [5, 5.41) is 12.5. The van der Waals surface area contributed by atoms with Crippen molar-refractivity contribution in [3.8, 4) is 0 Å². The van der Waals surface area contributed by atoms with Gasteiger partial charge in [0.2, 0.25) is 0 Å². The van der Waals surface area contributed by atoms with Crippen LogP contribution < -0.4 is 11.1 Å². The smallest absolute Gasteiger partial charge is 0.0431 e. The van der Waals surface area contributed by atoms with Gasteiger partial charge in [-0.25, -0.2) is 0 Å². The Morgan fingerprint density at radius 2 is 1.86 bits per heavy atom. The zero-order valence-corrected chi connectivity index (χ0v) is 12.9. The topological polar surface area (TPSA) is 61.5 Å². The van der Waals surface area contributed by atoms with Crippen LogP contribution in [-0.2, 0) is 6.54 Å². The molecule has 0 bridgehead atoms. The Balaban J connectivity index is 1.77. The number of aliphatic hydroxyl groups is 1. The highest BCUT2D eigenvalue weighted by Crippen LogP contribution is 2.22. The molecule has 1 aromatic rings. The predicted molar refractivity (Wildman–Crippen MR) is 87.1 cm³/mol. The summed E-state index contributed by atoms with van der Waals surface area (Å²) in [5.41, 5.74) is 7.50. The van der Waals surface area contributed by atoms with Crippen molar-refractivity contribution in [2.45, 2.75) is 37.8 Å². The maximum Gasteiger partial charge on any atom is 0.0431 e. The monoisotopic (exact) mass is 291 g/mol. The number of aliphatic hydroxyl groups excluding tert-OH is 1. The first-order chi connectivity index (χ1) is 10.3. The molecule has 1 aromatic carbocycles. The van der Waals surface area contributed by atoms with E-state index in [1.165, 1.54) is 5.56 Å². The molecule has 0 aromatic heterocycles. The molecule has 0 saturated carbocycles. The second-order valence-corrected chi connectivity index (χ2v) is 6.10.